The molecule has 0 aliphatic carbocycles. The second-order valence-electron chi connectivity index (χ2n) is 7.94. The number of benzene rings is 2. The van der Waals surface area contributed by atoms with Gasteiger partial charge in [0.05, 0.1) is 29.5 Å². The monoisotopic (exact) mass is 557 g/mol. The number of nitrogens with one attached hydrogen (secondary N) is 1. The molecule has 0 saturated carbocycles. The summed E-state index contributed by atoms with van der Waals surface area (Å²) in [6.45, 7) is 3.07. The van der Waals surface area contributed by atoms with Crippen LogP contribution in [-0.4, -0.2) is 45.6 Å². The van der Waals surface area contributed by atoms with Gasteiger partial charge in [-0.15, -0.1) is 11.6 Å². The Kier molecular flexibility index (Phi) is 9.58. The molecular weight excluding hydrogens is 535 g/mol. The van der Waals surface area contributed by atoms with Crippen molar-refractivity contribution in [2.75, 3.05) is 25.3 Å². The summed E-state index contributed by atoms with van der Waals surface area (Å²) in [5.41, 5.74) is 0.863. The van der Waals surface area contributed by atoms with Gasteiger partial charge in [-0.1, -0.05) is 49.2 Å². The number of Topliss-reactive ketones (excluding diaryl/α,β-unsaturated/α-hetero) is 1. The fraction of sp³-hybridized carbons (Fsp3) is 0.409. The highest BCUT2D eigenvalue weighted by Gasteiger charge is 2.41. The summed E-state index contributed by atoms with van der Waals surface area (Å²) in [7, 11) is -3.81. The lowest BCUT2D eigenvalue weighted by atomic mass is 9.78. The fourth-order valence-electron chi connectivity index (χ4n) is 2.90. The summed E-state index contributed by atoms with van der Waals surface area (Å²) in [6.07, 6.45) is -2.83. The second kappa shape index (κ2) is 11.4. The van der Waals surface area contributed by atoms with Gasteiger partial charge >= 0.3 is 6.11 Å². The van der Waals surface area contributed by atoms with Gasteiger partial charge in [0.15, 0.2) is 5.75 Å². The zero-order valence-electron chi connectivity index (χ0n) is 18.6. The quantitative estimate of drug-likeness (QED) is 0.278. The van der Waals surface area contributed by atoms with E-state index >= 15 is 0 Å². The number of hydrogen-bond donors (Lipinski definition) is 1. The average Bonchev–Trinajstić information content (AvgIpc) is 2.73. The van der Waals surface area contributed by atoms with E-state index in [1.165, 1.54) is 12.1 Å². The summed E-state index contributed by atoms with van der Waals surface area (Å²) in [5, 5.41) is 0.650. The molecule has 0 fully saturated rings. The summed E-state index contributed by atoms with van der Waals surface area (Å²) in [6, 6.07) is 9.14. The molecule has 0 radical (unpaired) electrons. The van der Waals surface area contributed by atoms with Crippen LogP contribution in [0.4, 0.5) is 8.78 Å². The van der Waals surface area contributed by atoms with Crippen LogP contribution >= 0.6 is 34.8 Å². The predicted octanol–water partition coefficient (Wildman–Crippen LogP) is 5.42. The number of carbonyl (C=O) groups excluding carboxylic acids is 1. The Hall–Kier alpha value is -1.65. The van der Waals surface area contributed by atoms with E-state index in [-0.39, 0.29) is 5.75 Å². The molecule has 2 aromatic rings. The Bertz CT molecular complexity index is 1100. The maximum absolute atomic E-state index is 14.1. The van der Waals surface area contributed by atoms with Crippen LogP contribution in [0.5, 0.6) is 11.5 Å². The molecule has 0 aliphatic rings. The molecule has 0 atom stereocenters. The van der Waals surface area contributed by atoms with Gasteiger partial charge in [-0.3, -0.25) is 4.79 Å². The largest absolute Gasteiger partial charge is 0.490 e. The number of rotatable bonds is 12. The van der Waals surface area contributed by atoms with Crippen molar-refractivity contribution in [3.05, 3.63) is 57.6 Å². The molecule has 0 heterocycles. The molecule has 0 aliphatic heterocycles. The molecule has 0 unspecified atom stereocenters. The summed E-state index contributed by atoms with van der Waals surface area (Å²) in [5.74, 6) is -1.19. The van der Waals surface area contributed by atoms with Crippen LogP contribution in [0.1, 0.15) is 31.4 Å². The van der Waals surface area contributed by atoms with Gasteiger partial charge in [-0.2, -0.15) is 8.78 Å². The SMILES string of the molecule is CC(C)(c1ccc(OC(F)(F)C(=O)CNS(C)(=O)=O)cc1)c1cc(Cl)c(OCCCCl)c(Cl)c1. The highest BCUT2D eigenvalue weighted by Crippen LogP contribution is 2.41. The van der Waals surface area contributed by atoms with Crippen molar-refractivity contribution in [2.24, 2.45) is 0 Å². The molecule has 34 heavy (non-hydrogen) atoms. The molecule has 1 N–H and O–H groups in total. The Labute approximate surface area is 212 Å². The molecule has 0 aromatic heterocycles. The van der Waals surface area contributed by atoms with E-state index in [2.05, 4.69) is 4.74 Å². The van der Waals surface area contributed by atoms with Crippen LogP contribution in [0.25, 0.3) is 0 Å². The van der Waals surface area contributed by atoms with E-state index in [9.17, 15) is 22.0 Å². The lowest BCUT2D eigenvalue weighted by molar-refractivity contribution is -0.189. The van der Waals surface area contributed by atoms with Crippen molar-refractivity contribution in [3.63, 3.8) is 0 Å². The van der Waals surface area contributed by atoms with E-state index in [1.54, 1.807) is 29.0 Å². The van der Waals surface area contributed by atoms with Crippen molar-refractivity contribution in [2.45, 2.75) is 31.8 Å². The number of carbonyl (C=O) groups is 1. The summed E-state index contributed by atoms with van der Waals surface area (Å²) in [4.78, 5) is 11.7. The molecule has 12 heteroatoms. The van der Waals surface area contributed by atoms with Gasteiger partial charge in [0, 0.05) is 11.3 Å². The van der Waals surface area contributed by atoms with E-state index < -0.39 is 33.9 Å². The zero-order chi connectivity index (χ0) is 25.7. The highest BCUT2D eigenvalue weighted by molar-refractivity contribution is 7.88. The first-order chi connectivity index (χ1) is 15.7. The van der Waals surface area contributed by atoms with Crippen molar-refractivity contribution >= 4 is 50.6 Å². The van der Waals surface area contributed by atoms with Gasteiger partial charge in [0.25, 0.3) is 5.78 Å². The number of hydrogen-bond acceptors (Lipinski definition) is 5. The Morgan fingerprint density at radius 1 is 1.06 bits per heavy atom. The lowest BCUT2D eigenvalue weighted by Gasteiger charge is -2.27. The average molecular weight is 559 g/mol. The number of halogens is 5. The molecule has 188 valence electrons. The first kappa shape index (κ1) is 28.6. The molecule has 2 rings (SSSR count). The van der Waals surface area contributed by atoms with Crippen LogP contribution in [0, 0.1) is 0 Å². The third-order valence-corrected chi connectivity index (χ3v) is 6.38. The van der Waals surface area contributed by atoms with Crippen LogP contribution in [0.3, 0.4) is 0 Å². The Morgan fingerprint density at radius 3 is 2.12 bits per heavy atom. The number of sulfonamides is 1. The Morgan fingerprint density at radius 2 is 1.62 bits per heavy atom. The van der Waals surface area contributed by atoms with Gasteiger partial charge in [0.2, 0.25) is 10.0 Å². The molecule has 2 aromatic carbocycles. The summed E-state index contributed by atoms with van der Waals surface area (Å²) >= 11 is 18.4. The minimum atomic E-state index is -4.21. The third kappa shape index (κ3) is 7.68. The van der Waals surface area contributed by atoms with Crippen molar-refractivity contribution in [1.29, 1.82) is 0 Å². The molecule has 0 amide bonds. The van der Waals surface area contributed by atoms with Crippen molar-refractivity contribution < 1.29 is 31.5 Å². The fourth-order valence-corrected chi connectivity index (χ4v) is 4.00. The molecule has 0 bridgehead atoms. The van der Waals surface area contributed by atoms with Crippen LogP contribution < -0.4 is 14.2 Å². The van der Waals surface area contributed by atoms with E-state index in [4.69, 9.17) is 39.5 Å². The van der Waals surface area contributed by atoms with E-state index in [0.29, 0.717) is 34.7 Å². The number of ketones is 1. The number of alkyl halides is 3. The van der Waals surface area contributed by atoms with E-state index in [1.807, 2.05) is 13.8 Å². The van der Waals surface area contributed by atoms with Gasteiger partial charge in [-0.05, 0) is 41.8 Å². The summed E-state index contributed by atoms with van der Waals surface area (Å²) < 4.78 is 62.0. The highest BCUT2D eigenvalue weighted by atomic mass is 35.5. The maximum Gasteiger partial charge on any atom is 0.462 e. The van der Waals surface area contributed by atoms with Gasteiger partial charge < -0.3 is 9.47 Å². The van der Waals surface area contributed by atoms with Crippen molar-refractivity contribution in [1.82, 2.24) is 4.72 Å². The van der Waals surface area contributed by atoms with Crippen LogP contribution in [-0.2, 0) is 20.2 Å². The zero-order valence-corrected chi connectivity index (χ0v) is 21.7. The molecule has 0 saturated heterocycles. The van der Waals surface area contributed by atoms with Gasteiger partial charge in [0.1, 0.15) is 5.75 Å². The molecular formula is C22H24Cl3F2NO5S. The third-order valence-electron chi connectivity index (χ3n) is 4.89. The number of ether oxygens (including phenoxy) is 2. The van der Waals surface area contributed by atoms with Crippen molar-refractivity contribution in [3.8, 4) is 11.5 Å². The first-order valence-corrected chi connectivity index (χ1v) is 13.2. The minimum absolute atomic E-state index is 0.267. The minimum Gasteiger partial charge on any atom is -0.490 e. The lowest BCUT2D eigenvalue weighted by Crippen LogP contribution is -2.42. The second-order valence-corrected chi connectivity index (χ2v) is 11.0. The topological polar surface area (TPSA) is 81.7 Å². The van der Waals surface area contributed by atoms with Gasteiger partial charge in [-0.25, -0.2) is 13.1 Å². The molecule has 0 spiro atoms. The Balaban J connectivity index is 2.19. The molecule has 6 nitrogen and oxygen atoms in total. The normalized spacial score (nSPS) is 12.5. The van der Waals surface area contributed by atoms with Crippen LogP contribution in [0.2, 0.25) is 10.0 Å². The van der Waals surface area contributed by atoms with E-state index in [0.717, 1.165) is 17.4 Å². The maximum atomic E-state index is 14.1. The van der Waals surface area contributed by atoms with Crippen LogP contribution in [0.15, 0.2) is 36.4 Å². The smallest absolute Gasteiger partial charge is 0.462 e. The predicted molar refractivity (Wildman–Crippen MR) is 129 cm³/mol. The standard InChI is InChI=1S/C22H24Cl3F2NO5S/c1-21(2,15-11-17(24)20(18(25)12-15)32-10-4-9-23)14-5-7-16(8-6-14)33-22(26,27)19(29)13-28-34(3,30)31/h5-8,11-12,28H,4,9-10,13H2,1-3H3. The first-order valence-electron chi connectivity index (χ1n) is 10.0.